The normalized spacial score (nSPS) is 13.2. The third-order valence-corrected chi connectivity index (χ3v) is 6.31. The van der Waals surface area contributed by atoms with E-state index < -0.39 is 38.7 Å². The molecule has 0 heterocycles. The van der Waals surface area contributed by atoms with Gasteiger partial charge in [-0.05, 0) is 57.0 Å². The summed E-state index contributed by atoms with van der Waals surface area (Å²) < 4.78 is 66.6. The van der Waals surface area contributed by atoms with Crippen LogP contribution in [0.1, 0.15) is 29.2 Å². The first-order valence-electron chi connectivity index (χ1n) is 8.50. The van der Waals surface area contributed by atoms with Crippen molar-refractivity contribution in [1.82, 2.24) is 4.72 Å². The van der Waals surface area contributed by atoms with Gasteiger partial charge in [0, 0.05) is 5.69 Å². The van der Waals surface area contributed by atoms with E-state index in [9.17, 15) is 26.4 Å². The highest BCUT2D eigenvalue weighted by molar-refractivity contribution is 7.89. The highest BCUT2D eigenvalue weighted by Crippen LogP contribution is 2.36. The van der Waals surface area contributed by atoms with Crippen LogP contribution in [0.5, 0.6) is 0 Å². The molecular formula is C19H20ClF3N2O3S. The summed E-state index contributed by atoms with van der Waals surface area (Å²) in [6.07, 6.45) is -4.69. The molecule has 0 aliphatic carbocycles. The predicted octanol–water partition coefficient (Wildman–Crippen LogP) is 4.59. The SMILES string of the molecule is Cc1cc(C)c(S(=O)(=O)NC(C)C(=O)Nc2ccc(Cl)c(C(F)(F)F)c2)c(C)c1. The summed E-state index contributed by atoms with van der Waals surface area (Å²) in [4.78, 5) is 12.4. The van der Waals surface area contributed by atoms with Gasteiger partial charge in [-0.1, -0.05) is 29.3 Å². The van der Waals surface area contributed by atoms with Crippen molar-refractivity contribution in [3.63, 3.8) is 0 Å². The Hall–Kier alpha value is -2.10. The molecule has 0 bridgehead atoms. The van der Waals surface area contributed by atoms with Crippen molar-refractivity contribution in [2.24, 2.45) is 0 Å². The summed E-state index contributed by atoms with van der Waals surface area (Å²) >= 11 is 5.55. The van der Waals surface area contributed by atoms with E-state index in [0.717, 1.165) is 11.6 Å². The molecule has 0 aromatic heterocycles. The van der Waals surface area contributed by atoms with E-state index in [4.69, 9.17) is 11.6 Å². The van der Waals surface area contributed by atoms with E-state index in [2.05, 4.69) is 10.0 Å². The zero-order valence-electron chi connectivity index (χ0n) is 16.1. The second-order valence-electron chi connectivity index (χ2n) is 6.75. The topological polar surface area (TPSA) is 75.3 Å². The van der Waals surface area contributed by atoms with Gasteiger partial charge in [-0.25, -0.2) is 8.42 Å². The summed E-state index contributed by atoms with van der Waals surface area (Å²) in [5, 5.41) is 1.76. The van der Waals surface area contributed by atoms with Gasteiger partial charge in [-0.2, -0.15) is 17.9 Å². The molecule has 2 rings (SSSR count). The second kappa shape index (κ2) is 8.33. The molecule has 1 amide bonds. The monoisotopic (exact) mass is 448 g/mol. The van der Waals surface area contributed by atoms with Crippen LogP contribution in [0.25, 0.3) is 0 Å². The molecule has 2 aromatic rings. The Bertz CT molecular complexity index is 1030. The van der Waals surface area contributed by atoms with Crippen LogP contribution in [-0.4, -0.2) is 20.4 Å². The maximum Gasteiger partial charge on any atom is 0.417 e. The number of sulfonamides is 1. The van der Waals surface area contributed by atoms with Crippen LogP contribution in [-0.2, 0) is 21.0 Å². The number of aryl methyl sites for hydroxylation is 3. The molecule has 0 saturated heterocycles. The van der Waals surface area contributed by atoms with Gasteiger partial charge >= 0.3 is 6.18 Å². The average Bonchev–Trinajstić information content (AvgIpc) is 2.53. The number of benzene rings is 2. The predicted molar refractivity (Wildman–Crippen MR) is 106 cm³/mol. The molecule has 2 N–H and O–H groups in total. The molecule has 5 nitrogen and oxygen atoms in total. The van der Waals surface area contributed by atoms with Gasteiger partial charge in [0.25, 0.3) is 0 Å². The first-order chi connectivity index (χ1) is 13.2. The summed E-state index contributed by atoms with van der Waals surface area (Å²) in [7, 11) is -4.02. The van der Waals surface area contributed by atoms with Crippen molar-refractivity contribution in [2.75, 3.05) is 5.32 Å². The maximum absolute atomic E-state index is 13.0. The van der Waals surface area contributed by atoms with Crippen molar-refractivity contribution >= 4 is 33.2 Å². The second-order valence-corrected chi connectivity index (χ2v) is 8.81. The van der Waals surface area contributed by atoms with Gasteiger partial charge in [0.05, 0.1) is 21.5 Å². The number of carbonyl (C=O) groups is 1. The number of alkyl halides is 3. The van der Waals surface area contributed by atoms with E-state index in [1.807, 2.05) is 6.92 Å². The van der Waals surface area contributed by atoms with Crippen LogP contribution < -0.4 is 10.0 Å². The lowest BCUT2D eigenvalue weighted by Crippen LogP contribution is -2.42. The average molecular weight is 449 g/mol. The van der Waals surface area contributed by atoms with Crippen LogP contribution >= 0.6 is 11.6 Å². The molecule has 0 saturated carbocycles. The number of amides is 1. The summed E-state index contributed by atoms with van der Waals surface area (Å²) in [5.41, 5.74) is 0.690. The van der Waals surface area contributed by atoms with Gasteiger partial charge in [-0.15, -0.1) is 0 Å². The van der Waals surface area contributed by atoms with Gasteiger partial charge < -0.3 is 5.32 Å². The minimum absolute atomic E-state index is 0.0635. The minimum Gasteiger partial charge on any atom is -0.325 e. The van der Waals surface area contributed by atoms with E-state index in [1.54, 1.807) is 26.0 Å². The van der Waals surface area contributed by atoms with Crippen LogP contribution in [0.4, 0.5) is 18.9 Å². The summed E-state index contributed by atoms with van der Waals surface area (Å²) in [6.45, 7) is 6.42. The lowest BCUT2D eigenvalue weighted by atomic mass is 10.1. The van der Waals surface area contributed by atoms with Gasteiger partial charge in [0.2, 0.25) is 15.9 Å². The molecule has 1 atom stereocenters. The molecule has 0 spiro atoms. The molecular weight excluding hydrogens is 429 g/mol. The first-order valence-corrected chi connectivity index (χ1v) is 10.4. The Kier molecular flexibility index (Phi) is 6.66. The molecule has 2 aromatic carbocycles. The summed E-state index contributed by atoms with van der Waals surface area (Å²) in [5.74, 6) is -0.813. The van der Waals surface area contributed by atoms with Crippen molar-refractivity contribution in [3.8, 4) is 0 Å². The standard InChI is InChI=1S/C19H20ClF3N2O3S/c1-10-7-11(2)17(12(3)8-10)29(27,28)25-13(4)18(26)24-14-5-6-16(20)15(9-14)19(21,22)23/h5-9,13,25H,1-4H3,(H,24,26). The highest BCUT2D eigenvalue weighted by atomic mass is 35.5. The molecule has 158 valence electrons. The van der Waals surface area contributed by atoms with Crippen LogP contribution in [0.3, 0.4) is 0 Å². The number of halogens is 4. The number of hydrogen-bond acceptors (Lipinski definition) is 3. The van der Waals surface area contributed by atoms with Crippen LogP contribution in [0.15, 0.2) is 35.2 Å². The Morgan fingerprint density at radius 3 is 2.14 bits per heavy atom. The molecule has 0 aliphatic heterocycles. The van der Waals surface area contributed by atoms with E-state index in [0.29, 0.717) is 17.2 Å². The molecule has 29 heavy (non-hydrogen) atoms. The van der Waals surface area contributed by atoms with Gasteiger partial charge in [-0.3, -0.25) is 4.79 Å². The number of carbonyl (C=O) groups excluding carboxylic acids is 1. The zero-order chi connectivity index (χ0) is 22.1. The first kappa shape index (κ1) is 23.2. The fraction of sp³-hybridized carbons (Fsp3) is 0.316. The highest BCUT2D eigenvalue weighted by Gasteiger charge is 2.33. The number of rotatable bonds is 5. The van der Waals surface area contributed by atoms with Gasteiger partial charge in [0.1, 0.15) is 0 Å². The fourth-order valence-electron chi connectivity index (χ4n) is 3.01. The maximum atomic E-state index is 13.0. The number of nitrogens with one attached hydrogen (secondary N) is 2. The van der Waals surface area contributed by atoms with E-state index >= 15 is 0 Å². The molecule has 0 fully saturated rings. The third-order valence-electron chi connectivity index (χ3n) is 4.14. The molecule has 10 heteroatoms. The van der Waals surface area contributed by atoms with Crippen molar-refractivity contribution in [2.45, 2.75) is 44.8 Å². The minimum atomic E-state index is -4.69. The fourth-order valence-corrected chi connectivity index (χ4v) is 4.89. The molecule has 1 unspecified atom stereocenters. The Balaban J connectivity index is 2.22. The Morgan fingerprint density at radius 2 is 1.62 bits per heavy atom. The Morgan fingerprint density at radius 1 is 1.07 bits per heavy atom. The number of anilines is 1. The Labute approximate surface area is 172 Å². The summed E-state index contributed by atoms with van der Waals surface area (Å²) in [6, 6.07) is 5.08. The van der Waals surface area contributed by atoms with E-state index in [1.165, 1.54) is 13.0 Å². The van der Waals surface area contributed by atoms with Crippen molar-refractivity contribution in [3.05, 3.63) is 57.6 Å². The van der Waals surface area contributed by atoms with Crippen LogP contribution in [0.2, 0.25) is 5.02 Å². The third kappa shape index (κ3) is 5.49. The van der Waals surface area contributed by atoms with E-state index in [-0.39, 0.29) is 10.6 Å². The van der Waals surface area contributed by atoms with Gasteiger partial charge in [0.15, 0.2) is 0 Å². The number of hydrogen-bond donors (Lipinski definition) is 2. The lowest BCUT2D eigenvalue weighted by Gasteiger charge is -2.18. The quantitative estimate of drug-likeness (QED) is 0.702. The smallest absolute Gasteiger partial charge is 0.325 e. The van der Waals surface area contributed by atoms with Crippen LogP contribution in [0, 0.1) is 20.8 Å². The lowest BCUT2D eigenvalue weighted by molar-refractivity contribution is -0.137. The van der Waals surface area contributed by atoms with Crippen molar-refractivity contribution in [1.29, 1.82) is 0 Å². The van der Waals surface area contributed by atoms with Crippen molar-refractivity contribution < 1.29 is 26.4 Å². The zero-order valence-corrected chi connectivity index (χ0v) is 17.7. The molecule has 0 radical (unpaired) electrons. The molecule has 0 aliphatic rings. The largest absolute Gasteiger partial charge is 0.417 e.